The minimum absolute atomic E-state index is 0.0364. The van der Waals surface area contributed by atoms with Gasteiger partial charge in [-0.2, -0.15) is 0 Å². The summed E-state index contributed by atoms with van der Waals surface area (Å²) in [5.41, 5.74) is 0.233. The van der Waals surface area contributed by atoms with Crippen LogP contribution in [0, 0.1) is 11.6 Å². The predicted molar refractivity (Wildman–Crippen MR) is 58.7 cm³/mol. The second-order valence-electron chi connectivity index (χ2n) is 3.30. The largest absolute Gasteiger partial charge is 0.481 e. The number of hydrogen-bond donors (Lipinski definition) is 1. The third kappa shape index (κ3) is 3.20. The van der Waals surface area contributed by atoms with Crippen molar-refractivity contribution in [1.82, 2.24) is 0 Å². The Morgan fingerprint density at radius 3 is 2.62 bits per heavy atom. The number of aryl methyl sites for hydroxylation is 1. The van der Waals surface area contributed by atoms with Crippen LogP contribution in [0.5, 0.6) is 0 Å². The van der Waals surface area contributed by atoms with E-state index in [-0.39, 0.29) is 23.3 Å². The molecule has 16 heavy (non-hydrogen) atoms. The lowest BCUT2D eigenvalue weighted by Gasteiger charge is -2.06. The lowest BCUT2D eigenvalue weighted by atomic mass is 10.1. The maximum atomic E-state index is 13.4. The lowest BCUT2D eigenvalue weighted by molar-refractivity contribution is -0.137. The number of halogens is 2. The first-order valence-electron chi connectivity index (χ1n) is 4.79. The topological polar surface area (TPSA) is 37.3 Å². The average molecular weight is 246 g/mol. The normalized spacial score (nSPS) is 10.4. The van der Waals surface area contributed by atoms with Crippen LogP contribution in [0.2, 0.25) is 0 Å². The number of hydrogen-bond acceptors (Lipinski definition) is 2. The third-order valence-electron chi connectivity index (χ3n) is 2.18. The first-order chi connectivity index (χ1) is 7.56. The van der Waals surface area contributed by atoms with E-state index in [0.717, 1.165) is 11.8 Å². The summed E-state index contributed by atoms with van der Waals surface area (Å²) in [4.78, 5) is 10.5. The Hall–Kier alpha value is -1.10. The molecular formula is C11H12F2O2S. The van der Waals surface area contributed by atoms with Gasteiger partial charge in [0.2, 0.25) is 0 Å². The molecule has 0 unspecified atom stereocenters. The number of thioether (sulfide) groups is 1. The molecule has 0 spiro atoms. The van der Waals surface area contributed by atoms with Crippen molar-refractivity contribution in [3.05, 3.63) is 29.3 Å². The van der Waals surface area contributed by atoms with Crippen LogP contribution in [0.15, 0.2) is 17.0 Å². The van der Waals surface area contributed by atoms with E-state index in [1.165, 1.54) is 12.1 Å². The minimum atomic E-state index is -0.929. The first-order valence-corrected chi connectivity index (χ1v) is 6.01. The monoisotopic (exact) mass is 246 g/mol. The Morgan fingerprint density at radius 2 is 2.06 bits per heavy atom. The molecule has 1 rings (SSSR count). The summed E-state index contributed by atoms with van der Waals surface area (Å²) >= 11 is 1.14. The first kappa shape index (κ1) is 13.0. The van der Waals surface area contributed by atoms with E-state index in [1.54, 1.807) is 6.26 Å². The lowest BCUT2D eigenvalue weighted by Crippen LogP contribution is -1.99. The van der Waals surface area contributed by atoms with Crippen molar-refractivity contribution >= 4 is 17.7 Å². The van der Waals surface area contributed by atoms with Gasteiger partial charge in [-0.25, -0.2) is 8.78 Å². The Kier molecular flexibility index (Phi) is 4.73. The SMILES string of the molecule is CSc1ccc(CCCC(=O)O)c(F)c1F. The Morgan fingerprint density at radius 1 is 1.38 bits per heavy atom. The zero-order valence-corrected chi connectivity index (χ0v) is 9.61. The molecule has 0 aromatic heterocycles. The van der Waals surface area contributed by atoms with Crippen LogP contribution in [0.1, 0.15) is 18.4 Å². The quantitative estimate of drug-likeness (QED) is 0.811. The van der Waals surface area contributed by atoms with Gasteiger partial charge in [0.05, 0.1) is 0 Å². The van der Waals surface area contributed by atoms with Gasteiger partial charge in [-0.1, -0.05) is 6.07 Å². The zero-order valence-electron chi connectivity index (χ0n) is 8.80. The van der Waals surface area contributed by atoms with Gasteiger partial charge >= 0.3 is 5.97 Å². The maximum Gasteiger partial charge on any atom is 0.303 e. The zero-order chi connectivity index (χ0) is 12.1. The van der Waals surface area contributed by atoms with Crippen LogP contribution in [-0.2, 0) is 11.2 Å². The molecule has 0 bridgehead atoms. The fourth-order valence-corrected chi connectivity index (χ4v) is 1.83. The number of aliphatic carboxylic acids is 1. The molecule has 0 atom stereocenters. The van der Waals surface area contributed by atoms with Crippen molar-refractivity contribution in [3.8, 4) is 0 Å². The molecule has 0 aliphatic heterocycles. The Labute approximate surface area is 96.7 Å². The van der Waals surface area contributed by atoms with E-state index in [1.807, 2.05) is 0 Å². The molecule has 0 radical (unpaired) electrons. The number of carboxylic acid groups (broad SMARTS) is 1. The third-order valence-corrected chi connectivity index (χ3v) is 2.94. The van der Waals surface area contributed by atoms with Crippen molar-refractivity contribution in [3.63, 3.8) is 0 Å². The molecule has 0 fully saturated rings. The Balaban J connectivity index is 2.74. The minimum Gasteiger partial charge on any atom is -0.481 e. The molecule has 0 aliphatic rings. The van der Waals surface area contributed by atoms with Crippen molar-refractivity contribution in [2.75, 3.05) is 6.26 Å². The number of rotatable bonds is 5. The molecule has 0 heterocycles. The molecule has 0 amide bonds. The van der Waals surface area contributed by atoms with Gasteiger partial charge in [0.25, 0.3) is 0 Å². The molecule has 0 saturated heterocycles. The standard InChI is InChI=1S/C11H12F2O2S/c1-16-8-6-5-7(10(12)11(8)13)3-2-4-9(14)15/h5-6H,2-4H2,1H3,(H,14,15). The smallest absolute Gasteiger partial charge is 0.303 e. The molecule has 0 aliphatic carbocycles. The molecule has 5 heteroatoms. The van der Waals surface area contributed by atoms with Crippen LogP contribution in [0.25, 0.3) is 0 Å². The summed E-state index contributed by atoms with van der Waals surface area (Å²) in [6.45, 7) is 0. The van der Waals surface area contributed by atoms with Gasteiger partial charge in [-0.3, -0.25) is 4.79 Å². The van der Waals surface area contributed by atoms with Crippen LogP contribution < -0.4 is 0 Å². The highest BCUT2D eigenvalue weighted by Gasteiger charge is 2.12. The van der Waals surface area contributed by atoms with E-state index in [2.05, 4.69) is 0 Å². The molecule has 1 N–H and O–H groups in total. The number of carbonyl (C=O) groups is 1. The van der Waals surface area contributed by atoms with Crippen LogP contribution >= 0.6 is 11.8 Å². The molecule has 0 saturated carbocycles. The summed E-state index contributed by atoms with van der Waals surface area (Å²) in [6.07, 6.45) is 2.18. The van der Waals surface area contributed by atoms with E-state index >= 15 is 0 Å². The number of carboxylic acids is 1. The highest BCUT2D eigenvalue weighted by molar-refractivity contribution is 7.98. The van der Waals surface area contributed by atoms with Crippen LogP contribution in [0.4, 0.5) is 8.78 Å². The van der Waals surface area contributed by atoms with Crippen molar-refractivity contribution in [1.29, 1.82) is 0 Å². The van der Waals surface area contributed by atoms with Crippen LogP contribution in [-0.4, -0.2) is 17.3 Å². The summed E-state index contributed by atoms with van der Waals surface area (Å²) in [7, 11) is 0. The second-order valence-corrected chi connectivity index (χ2v) is 4.15. The second kappa shape index (κ2) is 5.84. The predicted octanol–water partition coefficient (Wildman–Crippen LogP) is 3.09. The van der Waals surface area contributed by atoms with E-state index < -0.39 is 17.6 Å². The fourth-order valence-electron chi connectivity index (χ4n) is 1.35. The summed E-state index contributed by atoms with van der Waals surface area (Å²) in [5.74, 6) is -2.64. The van der Waals surface area contributed by atoms with Gasteiger partial charge in [0.1, 0.15) is 0 Å². The highest BCUT2D eigenvalue weighted by atomic mass is 32.2. The summed E-state index contributed by atoms with van der Waals surface area (Å²) < 4.78 is 26.8. The van der Waals surface area contributed by atoms with Gasteiger partial charge in [-0.05, 0) is 30.7 Å². The molecule has 2 nitrogen and oxygen atoms in total. The van der Waals surface area contributed by atoms with Crippen molar-refractivity contribution in [2.45, 2.75) is 24.2 Å². The highest BCUT2D eigenvalue weighted by Crippen LogP contribution is 2.24. The molecular weight excluding hydrogens is 234 g/mol. The molecule has 1 aromatic rings. The molecule has 1 aromatic carbocycles. The molecule has 88 valence electrons. The van der Waals surface area contributed by atoms with E-state index in [9.17, 15) is 13.6 Å². The van der Waals surface area contributed by atoms with Crippen molar-refractivity contribution < 1.29 is 18.7 Å². The van der Waals surface area contributed by atoms with Gasteiger partial charge < -0.3 is 5.11 Å². The summed E-state index contributed by atoms with van der Waals surface area (Å²) in [6, 6.07) is 3.02. The van der Waals surface area contributed by atoms with Crippen LogP contribution in [0.3, 0.4) is 0 Å². The van der Waals surface area contributed by atoms with Gasteiger partial charge in [0, 0.05) is 11.3 Å². The maximum absolute atomic E-state index is 13.4. The number of benzene rings is 1. The summed E-state index contributed by atoms with van der Waals surface area (Å²) in [5, 5.41) is 8.43. The van der Waals surface area contributed by atoms with E-state index in [4.69, 9.17) is 5.11 Å². The fraction of sp³-hybridized carbons (Fsp3) is 0.364. The average Bonchev–Trinajstić information content (AvgIpc) is 2.24. The van der Waals surface area contributed by atoms with Gasteiger partial charge in [-0.15, -0.1) is 11.8 Å². The van der Waals surface area contributed by atoms with Gasteiger partial charge in [0.15, 0.2) is 11.6 Å². The van der Waals surface area contributed by atoms with E-state index in [0.29, 0.717) is 6.42 Å². The Bertz CT molecular complexity index is 394. The van der Waals surface area contributed by atoms with Crippen molar-refractivity contribution in [2.24, 2.45) is 0 Å².